The first-order chi connectivity index (χ1) is 8.11. The van der Waals surface area contributed by atoms with Gasteiger partial charge in [0, 0.05) is 16.2 Å². The summed E-state index contributed by atoms with van der Waals surface area (Å²) in [5, 5.41) is 0. The molecule has 0 spiro atoms. The van der Waals surface area contributed by atoms with Crippen LogP contribution in [0.25, 0.3) is 10.4 Å². The number of benzene rings is 1. The van der Waals surface area contributed by atoms with Gasteiger partial charge in [0.15, 0.2) is 0 Å². The summed E-state index contributed by atoms with van der Waals surface area (Å²) in [7, 11) is 0. The predicted molar refractivity (Wildman–Crippen MR) is 67.5 cm³/mol. The van der Waals surface area contributed by atoms with Gasteiger partial charge in [-0.15, -0.1) is 11.3 Å². The smallest absolute Gasteiger partial charge is 0.264 e. The summed E-state index contributed by atoms with van der Waals surface area (Å²) in [5.41, 5.74) is 6.08. The van der Waals surface area contributed by atoms with E-state index >= 15 is 0 Å². The fourth-order valence-electron chi connectivity index (χ4n) is 1.56. The maximum atomic E-state index is 13.1. The fraction of sp³-hybridized carbons (Fsp3) is 0.231. The van der Waals surface area contributed by atoms with Crippen molar-refractivity contribution < 1.29 is 8.78 Å². The molecule has 1 aromatic heterocycles. The molecule has 4 heteroatoms. The lowest BCUT2D eigenvalue weighted by atomic mass is 10.2. The Kier molecular flexibility index (Phi) is 3.54. The summed E-state index contributed by atoms with van der Waals surface area (Å²) in [5.74, 6) is -2.81. The van der Waals surface area contributed by atoms with E-state index in [0.29, 0.717) is 4.88 Å². The Balaban J connectivity index is 2.17. The number of halogens is 2. The minimum atomic E-state index is -2.81. The molecular weight excluding hydrogens is 240 g/mol. The van der Waals surface area contributed by atoms with Crippen LogP contribution < -0.4 is 5.73 Å². The molecule has 0 radical (unpaired) electrons. The summed E-state index contributed by atoms with van der Waals surface area (Å²) in [4.78, 5) is 1.67. The van der Waals surface area contributed by atoms with Crippen LogP contribution in [0.15, 0.2) is 42.5 Å². The van der Waals surface area contributed by atoms with E-state index in [2.05, 4.69) is 0 Å². The van der Waals surface area contributed by atoms with Crippen molar-refractivity contribution in [1.29, 1.82) is 0 Å². The molecule has 0 saturated carbocycles. The summed E-state index contributed by atoms with van der Waals surface area (Å²) >= 11 is 1.39. The molecule has 2 aromatic rings. The minimum Gasteiger partial charge on any atom is -0.325 e. The lowest BCUT2D eigenvalue weighted by molar-refractivity contribution is 0.0123. The first kappa shape index (κ1) is 12.2. The van der Waals surface area contributed by atoms with Crippen LogP contribution in [0.4, 0.5) is 8.78 Å². The van der Waals surface area contributed by atoms with E-state index < -0.39 is 12.5 Å². The lowest BCUT2D eigenvalue weighted by Crippen LogP contribution is -2.29. The van der Waals surface area contributed by atoms with E-state index in [-0.39, 0.29) is 6.42 Å². The van der Waals surface area contributed by atoms with Crippen molar-refractivity contribution in [1.82, 2.24) is 0 Å². The van der Waals surface area contributed by atoms with Crippen molar-refractivity contribution in [2.75, 3.05) is 6.54 Å². The molecule has 1 heterocycles. The second kappa shape index (κ2) is 4.94. The van der Waals surface area contributed by atoms with Gasteiger partial charge in [0.05, 0.1) is 6.54 Å². The zero-order valence-corrected chi connectivity index (χ0v) is 10.0. The Bertz CT molecular complexity index is 479. The van der Waals surface area contributed by atoms with Crippen LogP contribution in [-0.4, -0.2) is 12.5 Å². The molecule has 1 nitrogen and oxygen atoms in total. The van der Waals surface area contributed by atoms with Crippen molar-refractivity contribution in [3.05, 3.63) is 47.3 Å². The highest BCUT2D eigenvalue weighted by atomic mass is 32.1. The third-order valence-corrected chi connectivity index (χ3v) is 3.59. The van der Waals surface area contributed by atoms with E-state index in [9.17, 15) is 8.78 Å². The maximum Gasteiger partial charge on any atom is 0.264 e. The van der Waals surface area contributed by atoms with Crippen molar-refractivity contribution in [2.24, 2.45) is 5.73 Å². The summed E-state index contributed by atoms with van der Waals surface area (Å²) in [6, 6.07) is 13.4. The van der Waals surface area contributed by atoms with Gasteiger partial charge in [-0.2, -0.15) is 0 Å². The molecule has 17 heavy (non-hydrogen) atoms. The summed E-state index contributed by atoms with van der Waals surface area (Å²) < 4.78 is 26.3. The molecular formula is C13H13F2NS. The highest BCUT2D eigenvalue weighted by molar-refractivity contribution is 7.15. The molecule has 2 N–H and O–H groups in total. The third-order valence-electron chi connectivity index (χ3n) is 2.45. The molecule has 0 unspecified atom stereocenters. The molecule has 0 fully saturated rings. The normalized spacial score (nSPS) is 11.7. The highest BCUT2D eigenvalue weighted by Gasteiger charge is 2.27. The van der Waals surface area contributed by atoms with Gasteiger partial charge >= 0.3 is 0 Å². The Labute approximate surface area is 103 Å². The van der Waals surface area contributed by atoms with E-state index in [1.807, 2.05) is 36.4 Å². The van der Waals surface area contributed by atoms with Crippen molar-refractivity contribution >= 4 is 11.3 Å². The highest BCUT2D eigenvalue weighted by Crippen LogP contribution is 2.31. The first-order valence-electron chi connectivity index (χ1n) is 5.33. The number of thiophene rings is 1. The Morgan fingerprint density at radius 1 is 1.06 bits per heavy atom. The predicted octanol–water partition coefficient (Wildman–Crippen LogP) is 3.55. The average Bonchev–Trinajstić information content (AvgIpc) is 2.78. The van der Waals surface area contributed by atoms with Gasteiger partial charge in [0.25, 0.3) is 5.92 Å². The van der Waals surface area contributed by atoms with Crippen molar-refractivity contribution in [3.8, 4) is 10.4 Å². The van der Waals surface area contributed by atoms with Crippen LogP contribution in [0, 0.1) is 0 Å². The Hall–Kier alpha value is -1.26. The third kappa shape index (κ3) is 3.11. The van der Waals surface area contributed by atoms with E-state index in [0.717, 1.165) is 10.4 Å². The van der Waals surface area contributed by atoms with E-state index in [4.69, 9.17) is 5.73 Å². The summed E-state index contributed by atoms with van der Waals surface area (Å²) in [6.45, 7) is -0.606. The van der Waals surface area contributed by atoms with Crippen LogP contribution in [0.5, 0.6) is 0 Å². The first-order valence-corrected chi connectivity index (χ1v) is 6.14. The lowest BCUT2D eigenvalue weighted by Gasteiger charge is -2.11. The molecule has 2 rings (SSSR count). The molecule has 0 aliphatic heterocycles. The van der Waals surface area contributed by atoms with Crippen molar-refractivity contribution in [3.63, 3.8) is 0 Å². The SMILES string of the molecule is NCC(F)(F)Cc1ccc(-c2ccccc2)s1. The molecule has 90 valence electrons. The van der Waals surface area contributed by atoms with Crippen LogP contribution in [0.3, 0.4) is 0 Å². The van der Waals surface area contributed by atoms with Crippen molar-refractivity contribution in [2.45, 2.75) is 12.3 Å². The molecule has 0 atom stereocenters. The largest absolute Gasteiger partial charge is 0.325 e. The zero-order valence-electron chi connectivity index (χ0n) is 9.20. The van der Waals surface area contributed by atoms with Crippen LogP contribution >= 0.6 is 11.3 Å². The van der Waals surface area contributed by atoms with Gasteiger partial charge in [-0.25, -0.2) is 8.78 Å². The fourth-order valence-corrected chi connectivity index (χ4v) is 2.65. The van der Waals surface area contributed by atoms with Gasteiger partial charge in [-0.05, 0) is 17.7 Å². The molecule has 1 aromatic carbocycles. The Morgan fingerprint density at radius 2 is 1.76 bits per heavy atom. The monoisotopic (exact) mass is 253 g/mol. The topological polar surface area (TPSA) is 26.0 Å². The molecule has 0 aliphatic rings. The quantitative estimate of drug-likeness (QED) is 0.886. The zero-order chi connectivity index (χ0) is 12.3. The van der Waals surface area contributed by atoms with Gasteiger partial charge in [-0.3, -0.25) is 0 Å². The van der Waals surface area contributed by atoms with Gasteiger partial charge in [0.2, 0.25) is 0 Å². The summed E-state index contributed by atoms with van der Waals surface area (Å²) in [6.07, 6.45) is -0.277. The van der Waals surface area contributed by atoms with Gasteiger partial charge in [-0.1, -0.05) is 30.3 Å². The standard InChI is InChI=1S/C13H13F2NS/c14-13(15,9-16)8-11-6-7-12(17-11)10-4-2-1-3-5-10/h1-7H,8-9,16H2. The van der Waals surface area contributed by atoms with Crippen LogP contribution in [0.2, 0.25) is 0 Å². The maximum absolute atomic E-state index is 13.1. The molecule has 0 amide bonds. The van der Waals surface area contributed by atoms with Crippen LogP contribution in [-0.2, 0) is 6.42 Å². The van der Waals surface area contributed by atoms with E-state index in [1.165, 1.54) is 11.3 Å². The minimum absolute atomic E-state index is 0.277. The number of hydrogen-bond acceptors (Lipinski definition) is 2. The molecule has 0 aliphatic carbocycles. The molecule has 0 saturated heterocycles. The van der Waals surface area contributed by atoms with Gasteiger partial charge < -0.3 is 5.73 Å². The number of hydrogen-bond donors (Lipinski definition) is 1. The number of nitrogens with two attached hydrogens (primary N) is 1. The second-order valence-electron chi connectivity index (χ2n) is 3.87. The number of rotatable bonds is 4. The van der Waals surface area contributed by atoms with Gasteiger partial charge in [0.1, 0.15) is 0 Å². The van der Waals surface area contributed by atoms with Crippen LogP contribution in [0.1, 0.15) is 4.88 Å². The number of alkyl halides is 2. The second-order valence-corrected chi connectivity index (χ2v) is 5.04. The van der Waals surface area contributed by atoms with E-state index in [1.54, 1.807) is 6.07 Å². The Morgan fingerprint density at radius 3 is 2.41 bits per heavy atom. The molecule has 0 bridgehead atoms. The average molecular weight is 253 g/mol.